The molecule has 0 aliphatic carbocycles. The van der Waals surface area contributed by atoms with Gasteiger partial charge >= 0.3 is 9.95 Å². The molecule has 1 aromatic rings. The third-order valence-corrected chi connectivity index (χ3v) is 3.32. The molecule has 0 fully saturated rings. The third-order valence-electron chi connectivity index (χ3n) is 3.01. The van der Waals surface area contributed by atoms with E-state index in [0.717, 1.165) is 38.0 Å². The van der Waals surface area contributed by atoms with Gasteiger partial charge in [-0.2, -0.15) is 0 Å². The number of hydrogen-bond donors (Lipinski definition) is 0. The lowest BCUT2D eigenvalue weighted by atomic mass is 10.1. The average Bonchev–Trinajstić information content (AvgIpc) is 2.47. The molecule has 0 saturated carbocycles. The first-order valence-corrected chi connectivity index (χ1v) is 8.45. The molecule has 1 rings (SSSR count). The quantitative estimate of drug-likeness (QED) is 0.262. The summed E-state index contributed by atoms with van der Waals surface area (Å²) in [4.78, 5) is 24.9. The molecule has 0 spiro atoms. The average molecular weight is 419 g/mol. The number of esters is 1. The van der Waals surface area contributed by atoms with Crippen LogP contribution in [0.2, 0.25) is 0 Å². The van der Waals surface area contributed by atoms with E-state index >= 15 is 0 Å². The Bertz CT molecular complexity index is 487. The Kier molecular flexibility index (Phi) is 9.07. The number of carbonyl (C=O) groups is 2. The molecule has 0 saturated heterocycles. The summed E-state index contributed by atoms with van der Waals surface area (Å²) in [7, 11) is 0. The maximum Gasteiger partial charge on any atom is 0.369 e. The molecule has 6 heteroatoms. The van der Waals surface area contributed by atoms with Crippen molar-refractivity contribution in [2.24, 2.45) is 0 Å². The van der Waals surface area contributed by atoms with E-state index in [1.165, 1.54) is 22.6 Å². The van der Waals surface area contributed by atoms with E-state index in [4.69, 9.17) is 4.74 Å². The number of benzene rings is 1. The lowest BCUT2D eigenvalue weighted by molar-refractivity contribution is 0.00487. The summed E-state index contributed by atoms with van der Waals surface area (Å²) in [5.74, 6) is -0.489. The summed E-state index contributed by atoms with van der Waals surface area (Å²) < 4.78 is 8.98. The number of carbonyl (C=O) groups excluding carboxylic acids is 2. The number of halogens is 1. The fraction of sp³-hybridized carbons (Fsp3) is 0.500. The first kappa shape index (κ1) is 18.9. The van der Waals surface area contributed by atoms with Crippen LogP contribution in [0, 0.1) is 0 Å². The predicted octanol–water partition coefficient (Wildman–Crippen LogP) is 3.99. The zero-order valence-corrected chi connectivity index (χ0v) is 15.2. The molecular formula is C16H22INO4. The summed E-state index contributed by atoms with van der Waals surface area (Å²) in [5.41, 5.74) is 1.54. The van der Waals surface area contributed by atoms with Gasteiger partial charge in [-0.25, -0.2) is 9.59 Å². The molecule has 0 bridgehead atoms. The van der Waals surface area contributed by atoms with Crippen LogP contribution in [0.5, 0.6) is 0 Å². The molecule has 0 aliphatic rings. The molecule has 0 radical (unpaired) electrons. The molecule has 0 aromatic heterocycles. The van der Waals surface area contributed by atoms with Crippen molar-refractivity contribution < 1.29 is 19.1 Å². The smallest absolute Gasteiger partial charge is 0.369 e. The molecule has 1 aromatic carbocycles. The van der Waals surface area contributed by atoms with Gasteiger partial charge in [0.1, 0.15) is 0 Å². The molecule has 5 nitrogen and oxygen atoms in total. The summed E-state index contributed by atoms with van der Waals surface area (Å²) in [6.45, 7) is 6.84. The molecule has 22 heavy (non-hydrogen) atoms. The minimum Gasteiger partial charge on any atom is -0.424 e. The van der Waals surface area contributed by atoms with Gasteiger partial charge in [0.2, 0.25) is 6.79 Å². The summed E-state index contributed by atoms with van der Waals surface area (Å²) >= 11 is 1.48. The van der Waals surface area contributed by atoms with Crippen LogP contribution in [0.3, 0.4) is 0 Å². The Morgan fingerprint density at radius 3 is 2.41 bits per heavy atom. The summed E-state index contributed by atoms with van der Waals surface area (Å²) in [6.07, 6.45) is 2.20. The Labute approximate surface area is 145 Å². The van der Waals surface area contributed by atoms with Gasteiger partial charge in [-0.05, 0) is 43.6 Å². The molecule has 0 heterocycles. The molecule has 0 aliphatic heterocycles. The van der Waals surface area contributed by atoms with Gasteiger partial charge in [0.15, 0.2) is 0 Å². The lowest BCUT2D eigenvalue weighted by Crippen LogP contribution is -2.25. The maximum atomic E-state index is 11.9. The standard InChI is InChI=1S/C16H22INO4/c1-3-8-18(9-4-2)11-13-6-5-7-14(10-13)15(19)21-12-22-16(17)20/h5-7,10H,3-4,8-9,11-12H2,1-2H3. The van der Waals surface area contributed by atoms with E-state index in [-0.39, 0.29) is 6.79 Å². The number of ether oxygens (including phenoxy) is 2. The zero-order chi connectivity index (χ0) is 16.4. The minimum atomic E-state index is -0.506. The highest BCUT2D eigenvalue weighted by molar-refractivity contribution is 14.1. The molecule has 0 unspecified atom stereocenters. The second-order valence-corrected chi connectivity index (χ2v) is 5.79. The number of hydrogen-bond acceptors (Lipinski definition) is 5. The third kappa shape index (κ3) is 7.22. The lowest BCUT2D eigenvalue weighted by Gasteiger charge is -2.21. The van der Waals surface area contributed by atoms with Crippen LogP contribution in [0.15, 0.2) is 24.3 Å². The van der Waals surface area contributed by atoms with Crippen molar-refractivity contribution >= 4 is 32.5 Å². The van der Waals surface area contributed by atoms with E-state index in [0.29, 0.717) is 5.56 Å². The van der Waals surface area contributed by atoms with Gasteiger partial charge < -0.3 is 9.47 Å². The second-order valence-electron chi connectivity index (χ2n) is 4.91. The van der Waals surface area contributed by atoms with Crippen molar-refractivity contribution in [2.45, 2.75) is 33.2 Å². The summed E-state index contributed by atoms with van der Waals surface area (Å²) in [6, 6.07) is 7.36. The van der Waals surface area contributed by atoms with Gasteiger partial charge in [-0.15, -0.1) is 0 Å². The van der Waals surface area contributed by atoms with E-state index in [9.17, 15) is 9.59 Å². The van der Waals surface area contributed by atoms with E-state index < -0.39 is 9.95 Å². The van der Waals surface area contributed by atoms with Gasteiger partial charge in [0.25, 0.3) is 0 Å². The first-order chi connectivity index (χ1) is 10.6. The number of rotatable bonds is 9. The van der Waals surface area contributed by atoms with Crippen molar-refractivity contribution in [3.63, 3.8) is 0 Å². The highest BCUT2D eigenvalue weighted by Crippen LogP contribution is 2.11. The first-order valence-electron chi connectivity index (χ1n) is 7.37. The van der Waals surface area contributed by atoms with Crippen LogP contribution in [-0.4, -0.2) is 34.7 Å². The molecular weight excluding hydrogens is 397 g/mol. The van der Waals surface area contributed by atoms with Crippen LogP contribution in [0.25, 0.3) is 0 Å². The monoisotopic (exact) mass is 419 g/mol. The fourth-order valence-electron chi connectivity index (χ4n) is 2.17. The van der Waals surface area contributed by atoms with E-state index in [1.807, 2.05) is 18.2 Å². The second kappa shape index (κ2) is 10.6. The maximum absolute atomic E-state index is 11.9. The van der Waals surface area contributed by atoms with Crippen molar-refractivity contribution in [3.05, 3.63) is 35.4 Å². The normalized spacial score (nSPS) is 10.5. The van der Waals surface area contributed by atoms with Crippen LogP contribution < -0.4 is 0 Å². The highest BCUT2D eigenvalue weighted by Gasteiger charge is 2.10. The zero-order valence-electron chi connectivity index (χ0n) is 13.0. The van der Waals surface area contributed by atoms with Crippen LogP contribution in [0.4, 0.5) is 4.79 Å². The van der Waals surface area contributed by atoms with Crippen molar-refractivity contribution in [3.8, 4) is 0 Å². The van der Waals surface area contributed by atoms with Gasteiger partial charge in [-0.1, -0.05) is 26.0 Å². The predicted molar refractivity (Wildman–Crippen MR) is 93.1 cm³/mol. The highest BCUT2D eigenvalue weighted by atomic mass is 127. The number of nitrogens with zero attached hydrogens (tertiary/aromatic N) is 1. The molecule has 0 atom stereocenters. The summed E-state index contributed by atoms with van der Waals surface area (Å²) in [5, 5.41) is 0. The topological polar surface area (TPSA) is 55.8 Å². The van der Waals surface area contributed by atoms with Crippen LogP contribution >= 0.6 is 22.6 Å². The van der Waals surface area contributed by atoms with E-state index in [2.05, 4.69) is 23.5 Å². The largest absolute Gasteiger partial charge is 0.424 e. The van der Waals surface area contributed by atoms with Crippen LogP contribution in [0.1, 0.15) is 42.6 Å². The Balaban J connectivity index is 2.63. The van der Waals surface area contributed by atoms with E-state index in [1.54, 1.807) is 6.07 Å². The van der Waals surface area contributed by atoms with Crippen molar-refractivity contribution in [2.75, 3.05) is 19.9 Å². The molecule has 122 valence electrons. The Hall–Kier alpha value is -1.15. The SMILES string of the molecule is CCCN(CCC)Cc1cccc(C(=O)OCOC(=O)I)c1. The van der Waals surface area contributed by atoms with Gasteiger partial charge in [0, 0.05) is 6.54 Å². The Morgan fingerprint density at radius 1 is 1.14 bits per heavy atom. The van der Waals surface area contributed by atoms with Crippen molar-refractivity contribution in [1.82, 2.24) is 4.90 Å². The van der Waals surface area contributed by atoms with Gasteiger partial charge in [-0.3, -0.25) is 4.90 Å². The molecule has 0 amide bonds. The fourth-order valence-corrected chi connectivity index (χ4v) is 2.30. The molecule has 0 N–H and O–H groups in total. The van der Waals surface area contributed by atoms with Gasteiger partial charge in [0.05, 0.1) is 28.2 Å². The van der Waals surface area contributed by atoms with Crippen molar-refractivity contribution in [1.29, 1.82) is 0 Å². The minimum absolute atomic E-state index is 0.359. The Morgan fingerprint density at radius 2 is 1.82 bits per heavy atom. The van der Waals surface area contributed by atoms with Crippen LogP contribution in [-0.2, 0) is 16.0 Å².